The van der Waals surface area contributed by atoms with Crippen LogP contribution in [-0.4, -0.2) is 12.5 Å². The number of benzene rings is 1. The van der Waals surface area contributed by atoms with Crippen molar-refractivity contribution in [2.24, 2.45) is 10.7 Å². The van der Waals surface area contributed by atoms with E-state index < -0.39 is 0 Å². The molecule has 0 bridgehead atoms. The van der Waals surface area contributed by atoms with Crippen LogP contribution in [0.2, 0.25) is 4.34 Å². The minimum Gasteiger partial charge on any atom is -0.369 e. The Bertz CT molecular complexity index is 651. The molecule has 2 aromatic rings. The van der Waals surface area contributed by atoms with E-state index in [0.717, 1.165) is 15.0 Å². The fourth-order valence-corrected chi connectivity index (χ4v) is 3.98. The molecule has 1 aromatic carbocycles. The molecule has 0 fully saturated rings. The first kappa shape index (κ1) is 13.9. The highest BCUT2D eigenvalue weighted by atomic mass is 79.9. The van der Waals surface area contributed by atoms with Gasteiger partial charge in [0.1, 0.15) is 10.2 Å². The van der Waals surface area contributed by atoms with Gasteiger partial charge in [0.25, 0.3) is 0 Å². The number of rotatable bonds is 2. The molecule has 7 heteroatoms. The van der Waals surface area contributed by atoms with Crippen LogP contribution in [0.25, 0.3) is 0 Å². The van der Waals surface area contributed by atoms with Gasteiger partial charge in [0.15, 0.2) is 5.96 Å². The molecule has 2 heterocycles. The summed E-state index contributed by atoms with van der Waals surface area (Å²) in [4.78, 5) is 7.25. The average Bonchev–Trinajstić information content (AvgIpc) is 2.95. The van der Waals surface area contributed by atoms with Gasteiger partial charge in [0, 0.05) is 15.0 Å². The molecule has 1 aromatic heterocycles. The summed E-state index contributed by atoms with van der Waals surface area (Å²) in [7, 11) is 0. The van der Waals surface area contributed by atoms with Crippen LogP contribution >= 0.6 is 38.9 Å². The Kier molecular flexibility index (Phi) is 3.70. The third-order valence-electron chi connectivity index (χ3n) is 3.08. The van der Waals surface area contributed by atoms with Crippen molar-refractivity contribution >= 4 is 50.5 Å². The molecular weight excluding hydrogens is 365 g/mol. The summed E-state index contributed by atoms with van der Waals surface area (Å²) in [6, 6.07) is 8.18. The van der Waals surface area contributed by atoms with Gasteiger partial charge in [-0.05, 0) is 46.3 Å². The third-order valence-corrected chi connectivity index (χ3v) is 5.66. The van der Waals surface area contributed by atoms with Crippen LogP contribution in [0, 0.1) is 5.82 Å². The van der Waals surface area contributed by atoms with E-state index >= 15 is 0 Å². The van der Waals surface area contributed by atoms with Crippen LogP contribution in [0.3, 0.4) is 0 Å². The van der Waals surface area contributed by atoms with E-state index in [2.05, 4.69) is 20.9 Å². The second-order valence-electron chi connectivity index (χ2n) is 4.33. The molecule has 20 heavy (non-hydrogen) atoms. The van der Waals surface area contributed by atoms with E-state index in [1.54, 1.807) is 12.1 Å². The Morgan fingerprint density at radius 2 is 2.10 bits per heavy atom. The largest absolute Gasteiger partial charge is 0.369 e. The Morgan fingerprint density at radius 1 is 1.40 bits per heavy atom. The molecule has 0 amide bonds. The lowest BCUT2D eigenvalue weighted by Crippen LogP contribution is -2.35. The van der Waals surface area contributed by atoms with E-state index in [1.807, 2.05) is 11.0 Å². The number of hydrogen-bond acceptors (Lipinski definition) is 4. The molecule has 2 N–H and O–H groups in total. The van der Waals surface area contributed by atoms with Gasteiger partial charge in [-0.1, -0.05) is 11.6 Å². The highest BCUT2D eigenvalue weighted by Crippen LogP contribution is 2.40. The molecule has 1 unspecified atom stereocenters. The van der Waals surface area contributed by atoms with E-state index in [9.17, 15) is 4.39 Å². The van der Waals surface area contributed by atoms with Gasteiger partial charge in [-0.15, -0.1) is 11.3 Å². The standard InChI is InChI=1S/C13H10BrClFN3S/c14-9-5-11(20-12(9)15)10-6-18-13(17)19(10)8-3-1-7(16)2-4-8/h1-5,10H,6H2,(H2,17,18). The summed E-state index contributed by atoms with van der Waals surface area (Å²) in [5, 5.41) is 0. The molecule has 0 saturated carbocycles. The van der Waals surface area contributed by atoms with Gasteiger partial charge in [-0.25, -0.2) is 4.39 Å². The molecular formula is C13H10BrClFN3S. The van der Waals surface area contributed by atoms with Gasteiger partial charge < -0.3 is 10.6 Å². The third kappa shape index (κ3) is 2.43. The predicted octanol–water partition coefficient (Wildman–Crippen LogP) is 4.18. The van der Waals surface area contributed by atoms with Crippen LogP contribution in [0.15, 0.2) is 39.8 Å². The number of anilines is 1. The zero-order valence-corrected chi connectivity index (χ0v) is 13.3. The molecule has 104 valence electrons. The molecule has 0 aliphatic carbocycles. The quantitative estimate of drug-likeness (QED) is 0.857. The predicted molar refractivity (Wildman–Crippen MR) is 85.1 cm³/mol. The molecule has 0 radical (unpaired) electrons. The number of nitrogens with zero attached hydrogens (tertiary/aromatic N) is 2. The van der Waals surface area contributed by atoms with Crippen molar-refractivity contribution in [3.05, 3.63) is 49.8 Å². The van der Waals surface area contributed by atoms with Crippen LogP contribution < -0.4 is 10.6 Å². The van der Waals surface area contributed by atoms with Gasteiger partial charge in [-0.2, -0.15) is 0 Å². The average molecular weight is 375 g/mol. The number of nitrogens with two attached hydrogens (primary N) is 1. The van der Waals surface area contributed by atoms with E-state index in [4.69, 9.17) is 17.3 Å². The molecule has 1 aliphatic heterocycles. The highest BCUT2D eigenvalue weighted by Gasteiger charge is 2.30. The van der Waals surface area contributed by atoms with Gasteiger partial charge in [0.2, 0.25) is 0 Å². The van der Waals surface area contributed by atoms with Crippen molar-refractivity contribution in [1.29, 1.82) is 0 Å². The number of hydrogen-bond donors (Lipinski definition) is 1. The van der Waals surface area contributed by atoms with Crippen molar-refractivity contribution in [2.75, 3.05) is 11.4 Å². The fraction of sp³-hybridized carbons (Fsp3) is 0.154. The summed E-state index contributed by atoms with van der Waals surface area (Å²) in [5.74, 6) is 0.157. The van der Waals surface area contributed by atoms with Crippen molar-refractivity contribution in [3.63, 3.8) is 0 Å². The Hall–Kier alpha value is -1.11. The second-order valence-corrected chi connectivity index (χ2v) is 6.87. The van der Waals surface area contributed by atoms with Crippen molar-refractivity contribution in [1.82, 2.24) is 0 Å². The number of halogens is 3. The van der Waals surface area contributed by atoms with Crippen molar-refractivity contribution in [3.8, 4) is 0 Å². The first-order valence-corrected chi connectivity index (χ1v) is 7.84. The Balaban J connectivity index is 1.98. The van der Waals surface area contributed by atoms with Crippen LogP contribution in [0.5, 0.6) is 0 Å². The molecule has 1 aliphatic rings. The molecule has 3 nitrogen and oxygen atoms in total. The Morgan fingerprint density at radius 3 is 2.70 bits per heavy atom. The number of guanidine groups is 1. The zero-order chi connectivity index (χ0) is 14.3. The first-order valence-electron chi connectivity index (χ1n) is 5.85. The SMILES string of the molecule is NC1=NCC(c2cc(Br)c(Cl)s2)N1c1ccc(F)cc1. The second kappa shape index (κ2) is 5.35. The summed E-state index contributed by atoms with van der Waals surface area (Å²) in [6.07, 6.45) is 0. The fourth-order valence-electron chi connectivity index (χ4n) is 2.16. The molecule has 0 spiro atoms. The highest BCUT2D eigenvalue weighted by molar-refractivity contribution is 9.10. The first-order chi connectivity index (χ1) is 9.56. The van der Waals surface area contributed by atoms with Crippen LogP contribution in [-0.2, 0) is 0 Å². The van der Waals surface area contributed by atoms with Crippen LogP contribution in [0.1, 0.15) is 10.9 Å². The summed E-state index contributed by atoms with van der Waals surface area (Å²) >= 11 is 11.0. The minimum absolute atomic E-state index is 0.00531. The van der Waals surface area contributed by atoms with E-state index in [1.165, 1.54) is 23.5 Å². The molecule has 1 atom stereocenters. The number of aliphatic imine (C=N–C) groups is 1. The maximum absolute atomic E-state index is 13.0. The molecule has 0 saturated heterocycles. The normalized spacial score (nSPS) is 18.4. The monoisotopic (exact) mass is 373 g/mol. The van der Waals surface area contributed by atoms with Crippen molar-refractivity contribution in [2.45, 2.75) is 6.04 Å². The lowest BCUT2D eigenvalue weighted by Gasteiger charge is -2.25. The Labute approximate surface area is 133 Å². The maximum atomic E-state index is 13.0. The lowest BCUT2D eigenvalue weighted by molar-refractivity contribution is 0.627. The topological polar surface area (TPSA) is 41.6 Å². The van der Waals surface area contributed by atoms with Crippen molar-refractivity contribution < 1.29 is 4.39 Å². The zero-order valence-electron chi connectivity index (χ0n) is 10.2. The summed E-state index contributed by atoms with van der Waals surface area (Å²) in [5.41, 5.74) is 6.78. The van der Waals surface area contributed by atoms with Gasteiger partial charge in [0.05, 0.1) is 12.6 Å². The van der Waals surface area contributed by atoms with E-state index in [-0.39, 0.29) is 11.9 Å². The van der Waals surface area contributed by atoms with Gasteiger partial charge in [-0.3, -0.25) is 4.99 Å². The minimum atomic E-state index is -0.276. The maximum Gasteiger partial charge on any atom is 0.196 e. The smallest absolute Gasteiger partial charge is 0.196 e. The van der Waals surface area contributed by atoms with E-state index in [0.29, 0.717) is 16.8 Å². The number of thiophene rings is 1. The summed E-state index contributed by atoms with van der Waals surface area (Å²) < 4.78 is 14.6. The molecule has 3 rings (SSSR count). The lowest BCUT2D eigenvalue weighted by atomic mass is 10.2. The summed E-state index contributed by atoms with van der Waals surface area (Å²) in [6.45, 7) is 0.562. The van der Waals surface area contributed by atoms with Gasteiger partial charge >= 0.3 is 0 Å². The van der Waals surface area contributed by atoms with Crippen LogP contribution in [0.4, 0.5) is 10.1 Å².